The van der Waals surface area contributed by atoms with Gasteiger partial charge in [-0.25, -0.2) is 0 Å². The highest BCUT2D eigenvalue weighted by molar-refractivity contribution is 5.56. The number of hydrogen-bond acceptors (Lipinski definition) is 3. The minimum absolute atomic E-state index is 0.238. The van der Waals surface area contributed by atoms with Gasteiger partial charge in [-0.05, 0) is 134 Å². The first-order valence-corrected chi connectivity index (χ1v) is 14.2. The first-order chi connectivity index (χ1) is 17.1. The molecule has 0 unspecified atom stereocenters. The molecule has 1 aliphatic heterocycles. The van der Waals surface area contributed by atoms with Crippen LogP contribution < -0.4 is 4.90 Å². The molecular weight excluding hydrogens is 430 g/mol. The van der Waals surface area contributed by atoms with Crippen molar-refractivity contribution in [2.45, 2.75) is 70.1 Å². The van der Waals surface area contributed by atoms with Gasteiger partial charge in [0, 0.05) is 30.6 Å². The lowest BCUT2D eigenvalue weighted by atomic mass is 9.43. The van der Waals surface area contributed by atoms with Gasteiger partial charge in [-0.2, -0.15) is 0 Å². The number of piperidine rings is 1. The standard InChI is InChI=1S/C32H39NO2/c34-20-21-9-11-33(12-10-21)27-4-1-25(2-5-27)31-29-7-6-28(35)16-26(29)3-8-30(31)32-17-22-13-23(18-32)15-24(14-22)19-32/h1-2,4-7,16,20-24,30-31,35H,3,8-15,17-19H2/t22?,23?,24?,30-,31+,32?/m0/s1. The average Bonchev–Trinajstić information content (AvgIpc) is 2.87. The molecule has 1 heterocycles. The lowest BCUT2D eigenvalue weighted by Crippen LogP contribution is -2.51. The Morgan fingerprint density at radius 1 is 0.857 bits per heavy atom. The SMILES string of the molecule is O=CC1CCN(c2ccc([C@@H]3c4ccc(O)cc4CC[C@@H]3C34CC5CC(CC(C5)C3)C4)cc2)CC1. The summed E-state index contributed by atoms with van der Waals surface area (Å²) in [5.41, 5.74) is 6.10. The van der Waals surface area contributed by atoms with Crippen molar-refractivity contribution in [1.82, 2.24) is 0 Å². The Morgan fingerprint density at radius 3 is 2.14 bits per heavy atom. The van der Waals surface area contributed by atoms with Crippen LogP contribution in [0.5, 0.6) is 5.75 Å². The average molecular weight is 470 g/mol. The summed E-state index contributed by atoms with van der Waals surface area (Å²) in [5, 5.41) is 10.2. The Balaban J connectivity index is 1.23. The number of phenols is 1. The minimum Gasteiger partial charge on any atom is -0.508 e. The van der Waals surface area contributed by atoms with E-state index < -0.39 is 0 Å². The number of carbonyl (C=O) groups is 1. The molecule has 0 radical (unpaired) electrons. The van der Waals surface area contributed by atoms with Crippen molar-refractivity contribution >= 4 is 12.0 Å². The normalized spacial score (nSPS) is 36.2. The molecule has 3 nitrogen and oxygen atoms in total. The van der Waals surface area contributed by atoms with Gasteiger partial charge in [-0.3, -0.25) is 0 Å². The Hall–Kier alpha value is -2.29. The van der Waals surface area contributed by atoms with Crippen LogP contribution in [-0.2, 0) is 11.2 Å². The zero-order chi connectivity index (χ0) is 23.6. The largest absolute Gasteiger partial charge is 0.508 e. The molecule has 2 atom stereocenters. The van der Waals surface area contributed by atoms with Gasteiger partial charge in [-0.1, -0.05) is 18.2 Å². The maximum Gasteiger partial charge on any atom is 0.123 e. The molecule has 8 rings (SSSR count). The van der Waals surface area contributed by atoms with Crippen LogP contribution in [0.2, 0.25) is 0 Å². The van der Waals surface area contributed by atoms with Gasteiger partial charge >= 0.3 is 0 Å². The van der Waals surface area contributed by atoms with E-state index in [0.29, 0.717) is 23.0 Å². The molecule has 184 valence electrons. The van der Waals surface area contributed by atoms with Gasteiger partial charge in [-0.15, -0.1) is 0 Å². The van der Waals surface area contributed by atoms with E-state index in [-0.39, 0.29) is 5.92 Å². The smallest absolute Gasteiger partial charge is 0.123 e. The van der Waals surface area contributed by atoms with Crippen LogP contribution >= 0.6 is 0 Å². The molecule has 4 saturated carbocycles. The third kappa shape index (κ3) is 3.72. The highest BCUT2D eigenvalue weighted by Crippen LogP contribution is 2.66. The van der Waals surface area contributed by atoms with Crippen LogP contribution in [0.1, 0.15) is 80.4 Å². The Bertz CT molecular complexity index is 1060. The molecular formula is C32H39NO2. The van der Waals surface area contributed by atoms with Crippen molar-refractivity contribution in [2.24, 2.45) is 35.0 Å². The second kappa shape index (κ2) is 8.39. The predicted molar refractivity (Wildman–Crippen MR) is 140 cm³/mol. The van der Waals surface area contributed by atoms with E-state index in [1.165, 1.54) is 67.3 Å². The first-order valence-electron chi connectivity index (χ1n) is 14.2. The summed E-state index contributed by atoms with van der Waals surface area (Å²) in [4.78, 5) is 13.6. The monoisotopic (exact) mass is 469 g/mol. The van der Waals surface area contributed by atoms with Crippen molar-refractivity contribution in [3.63, 3.8) is 0 Å². The number of anilines is 1. The fourth-order valence-electron chi connectivity index (χ4n) is 9.70. The number of aldehydes is 1. The van der Waals surface area contributed by atoms with Crippen molar-refractivity contribution < 1.29 is 9.90 Å². The molecule has 0 amide bonds. The molecule has 1 N–H and O–H groups in total. The quantitative estimate of drug-likeness (QED) is 0.506. The zero-order valence-electron chi connectivity index (χ0n) is 20.9. The van der Waals surface area contributed by atoms with E-state index in [0.717, 1.165) is 56.4 Å². The number of aromatic hydroxyl groups is 1. The van der Waals surface area contributed by atoms with Crippen LogP contribution in [0.4, 0.5) is 5.69 Å². The topological polar surface area (TPSA) is 40.5 Å². The van der Waals surface area contributed by atoms with Crippen molar-refractivity contribution in [3.05, 3.63) is 59.2 Å². The molecule has 5 aliphatic carbocycles. The fourth-order valence-corrected chi connectivity index (χ4v) is 9.70. The first kappa shape index (κ1) is 21.9. The van der Waals surface area contributed by atoms with Crippen LogP contribution in [0.15, 0.2) is 42.5 Å². The number of hydrogen-bond donors (Lipinski definition) is 1. The van der Waals surface area contributed by atoms with Crippen LogP contribution in [0.25, 0.3) is 0 Å². The van der Waals surface area contributed by atoms with Crippen LogP contribution in [0.3, 0.4) is 0 Å². The van der Waals surface area contributed by atoms with Gasteiger partial charge in [0.2, 0.25) is 0 Å². The molecule has 2 aromatic rings. The number of rotatable bonds is 4. The second-order valence-corrected chi connectivity index (χ2v) is 12.8. The fraction of sp³-hybridized carbons (Fsp3) is 0.594. The summed E-state index contributed by atoms with van der Waals surface area (Å²) in [6.07, 6.45) is 14.3. The molecule has 35 heavy (non-hydrogen) atoms. The lowest BCUT2D eigenvalue weighted by molar-refractivity contribution is -0.111. The summed E-state index contributed by atoms with van der Waals surface area (Å²) in [6.45, 7) is 1.95. The third-order valence-electron chi connectivity index (χ3n) is 10.8. The molecule has 3 heteroatoms. The lowest BCUT2D eigenvalue weighted by Gasteiger charge is -2.61. The highest BCUT2D eigenvalue weighted by atomic mass is 16.3. The molecule has 1 saturated heterocycles. The van der Waals surface area contributed by atoms with Gasteiger partial charge in [0.05, 0.1) is 0 Å². The van der Waals surface area contributed by atoms with Crippen LogP contribution in [-0.4, -0.2) is 24.5 Å². The van der Waals surface area contributed by atoms with E-state index in [4.69, 9.17) is 0 Å². The highest BCUT2D eigenvalue weighted by Gasteiger charge is 2.56. The zero-order valence-corrected chi connectivity index (χ0v) is 20.9. The molecule has 2 aromatic carbocycles. The second-order valence-electron chi connectivity index (χ2n) is 12.8. The van der Waals surface area contributed by atoms with Gasteiger partial charge in [0.25, 0.3) is 0 Å². The molecule has 5 fully saturated rings. The minimum atomic E-state index is 0.238. The van der Waals surface area contributed by atoms with E-state index in [2.05, 4.69) is 35.2 Å². The molecule has 4 bridgehead atoms. The molecule has 0 spiro atoms. The summed E-state index contributed by atoms with van der Waals surface area (Å²) in [6, 6.07) is 15.7. The summed E-state index contributed by atoms with van der Waals surface area (Å²) in [5.74, 6) is 4.71. The van der Waals surface area contributed by atoms with Gasteiger partial charge < -0.3 is 14.8 Å². The van der Waals surface area contributed by atoms with Crippen molar-refractivity contribution in [2.75, 3.05) is 18.0 Å². The summed E-state index contributed by atoms with van der Waals surface area (Å²) >= 11 is 0. The van der Waals surface area contributed by atoms with Gasteiger partial charge in [0.1, 0.15) is 12.0 Å². The number of nitrogens with zero attached hydrogens (tertiary/aromatic N) is 1. The maximum atomic E-state index is 11.2. The number of fused-ring (bicyclic) bond motifs is 1. The molecule has 0 aromatic heterocycles. The van der Waals surface area contributed by atoms with E-state index in [1.54, 1.807) is 0 Å². The summed E-state index contributed by atoms with van der Waals surface area (Å²) in [7, 11) is 0. The van der Waals surface area contributed by atoms with E-state index in [9.17, 15) is 9.90 Å². The van der Waals surface area contributed by atoms with E-state index >= 15 is 0 Å². The number of carbonyl (C=O) groups excluding carboxylic acids is 1. The van der Waals surface area contributed by atoms with Crippen molar-refractivity contribution in [3.8, 4) is 5.75 Å². The molecule has 6 aliphatic rings. The van der Waals surface area contributed by atoms with Crippen LogP contribution in [0, 0.1) is 35.0 Å². The predicted octanol–water partition coefficient (Wildman–Crippen LogP) is 6.72. The number of benzene rings is 2. The van der Waals surface area contributed by atoms with E-state index in [1.807, 2.05) is 12.1 Å². The third-order valence-corrected chi connectivity index (χ3v) is 10.8. The van der Waals surface area contributed by atoms with Crippen molar-refractivity contribution in [1.29, 1.82) is 0 Å². The number of aryl methyl sites for hydroxylation is 1. The summed E-state index contributed by atoms with van der Waals surface area (Å²) < 4.78 is 0. The Kier molecular flexibility index (Phi) is 5.26. The number of phenolic OH excluding ortho intramolecular Hbond substituents is 1. The Labute approximate surface area is 209 Å². The maximum absolute atomic E-state index is 11.2. The van der Waals surface area contributed by atoms with Gasteiger partial charge in [0.15, 0.2) is 0 Å². The Morgan fingerprint density at radius 2 is 1.51 bits per heavy atom.